The summed E-state index contributed by atoms with van der Waals surface area (Å²) in [6, 6.07) is 4.97. The van der Waals surface area contributed by atoms with Gasteiger partial charge in [0.05, 0.1) is 29.7 Å². The van der Waals surface area contributed by atoms with Crippen molar-refractivity contribution in [1.29, 1.82) is 0 Å². The summed E-state index contributed by atoms with van der Waals surface area (Å²) in [7, 11) is 0. The number of imide groups is 1. The second-order valence-electron chi connectivity index (χ2n) is 6.74. The molecule has 4 atom stereocenters. The minimum Gasteiger partial charge on any atom is -0.454 e. The summed E-state index contributed by atoms with van der Waals surface area (Å²) in [5.41, 5.74) is -1.54. The molecule has 2 amide bonds. The Bertz CT molecular complexity index is 819. The van der Waals surface area contributed by atoms with Crippen LogP contribution in [0.2, 0.25) is 0 Å². The molecule has 2 saturated heterocycles. The summed E-state index contributed by atoms with van der Waals surface area (Å²) in [5, 5.41) is 9.80. The number of aliphatic hydroxyl groups is 1. The number of hydrogen-bond donors (Lipinski definition) is 1. The third-order valence-corrected chi connectivity index (χ3v) is 5.42. The lowest BCUT2D eigenvalue weighted by Crippen LogP contribution is -2.43. The quantitative estimate of drug-likeness (QED) is 0.632. The molecule has 4 aliphatic rings. The zero-order valence-corrected chi connectivity index (χ0v) is 12.9. The molecular formula is C17H15NO6. The molecule has 0 radical (unpaired) electrons. The van der Waals surface area contributed by atoms with Gasteiger partial charge in [0.25, 0.3) is 0 Å². The van der Waals surface area contributed by atoms with Gasteiger partial charge < -0.3 is 19.3 Å². The average molecular weight is 329 g/mol. The van der Waals surface area contributed by atoms with Gasteiger partial charge in [-0.1, -0.05) is 12.2 Å². The molecule has 7 heteroatoms. The smallest absolute Gasteiger partial charge is 0.241 e. The second kappa shape index (κ2) is 4.17. The molecule has 124 valence electrons. The van der Waals surface area contributed by atoms with E-state index in [2.05, 4.69) is 0 Å². The molecule has 1 aromatic rings. The van der Waals surface area contributed by atoms with Gasteiger partial charge in [0.2, 0.25) is 18.6 Å². The molecule has 0 aliphatic carbocycles. The van der Waals surface area contributed by atoms with Crippen LogP contribution in [0.1, 0.15) is 6.92 Å². The fourth-order valence-corrected chi connectivity index (χ4v) is 4.32. The van der Waals surface area contributed by atoms with Crippen molar-refractivity contribution in [2.75, 3.05) is 18.3 Å². The summed E-state index contributed by atoms with van der Waals surface area (Å²) in [6.07, 6.45) is 3.49. The van der Waals surface area contributed by atoms with E-state index in [-0.39, 0.29) is 25.2 Å². The van der Waals surface area contributed by atoms with E-state index in [0.717, 1.165) is 0 Å². The third-order valence-electron chi connectivity index (χ3n) is 5.42. The largest absolute Gasteiger partial charge is 0.454 e. The van der Waals surface area contributed by atoms with Gasteiger partial charge in [-0.05, 0) is 19.1 Å². The Morgan fingerprint density at radius 3 is 2.71 bits per heavy atom. The number of aliphatic hydroxyl groups excluding tert-OH is 1. The van der Waals surface area contributed by atoms with E-state index >= 15 is 0 Å². The molecule has 1 N–H and O–H groups in total. The van der Waals surface area contributed by atoms with E-state index in [4.69, 9.17) is 14.2 Å². The Kier molecular flexibility index (Phi) is 2.43. The number of hydrogen-bond acceptors (Lipinski definition) is 6. The van der Waals surface area contributed by atoms with Gasteiger partial charge >= 0.3 is 0 Å². The lowest BCUT2D eigenvalue weighted by molar-refractivity contribution is -0.131. The predicted octanol–water partition coefficient (Wildman–Crippen LogP) is 0.611. The SMILES string of the molecule is C[C@@]12C=C[C@@](CO)(O1)[C@H]1C(=O)N(c3ccc4c(c3)OCO4)C(=O)[C@@H]12. The van der Waals surface area contributed by atoms with Crippen molar-refractivity contribution in [2.45, 2.75) is 18.1 Å². The van der Waals surface area contributed by atoms with Crippen LogP contribution in [0.3, 0.4) is 0 Å². The number of carbonyl (C=O) groups excluding carboxylic acids is 2. The van der Waals surface area contributed by atoms with Crippen LogP contribution in [-0.2, 0) is 14.3 Å². The van der Waals surface area contributed by atoms with Crippen molar-refractivity contribution in [3.8, 4) is 11.5 Å². The normalized spacial score (nSPS) is 38.3. The summed E-state index contributed by atoms with van der Waals surface area (Å²) in [5.74, 6) is -0.924. The summed E-state index contributed by atoms with van der Waals surface area (Å²) >= 11 is 0. The molecule has 5 rings (SSSR count). The van der Waals surface area contributed by atoms with E-state index in [0.29, 0.717) is 17.2 Å². The molecule has 0 spiro atoms. The minimum absolute atomic E-state index is 0.120. The van der Waals surface area contributed by atoms with E-state index in [1.165, 1.54) is 4.90 Å². The van der Waals surface area contributed by atoms with E-state index in [1.807, 2.05) is 0 Å². The Hall–Kier alpha value is -2.38. The lowest BCUT2D eigenvalue weighted by atomic mass is 9.73. The molecule has 24 heavy (non-hydrogen) atoms. The molecule has 0 saturated carbocycles. The first-order valence-electron chi connectivity index (χ1n) is 7.78. The van der Waals surface area contributed by atoms with Crippen molar-refractivity contribution in [1.82, 2.24) is 0 Å². The van der Waals surface area contributed by atoms with Gasteiger partial charge in [0.1, 0.15) is 5.60 Å². The summed E-state index contributed by atoms with van der Waals surface area (Å²) in [4.78, 5) is 27.2. The Labute approximate surface area is 137 Å². The highest BCUT2D eigenvalue weighted by atomic mass is 16.7. The van der Waals surface area contributed by atoms with Crippen LogP contribution in [0, 0.1) is 11.8 Å². The highest BCUT2D eigenvalue weighted by Crippen LogP contribution is 2.57. The molecule has 2 fully saturated rings. The van der Waals surface area contributed by atoms with E-state index in [1.54, 1.807) is 37.3 Å². The molecule has 0 aromatic heterocycles. The Morgan fingerprint density at radius 2 is 1.92 bits per heavy atom. The number of carbonyl (C=O) groups is 2. The summed E-state index contributed by atoms with van der Waals surface area (Å²) < 4.78 is 16.5. The van der Waals surface area contributed by atoms with Crippen LogP contribution in [0.15, 0.2) is 30.4 Å². The van der Waals surface area contributed by atoms with Crippen LogP contribution >= 0.6 is 0 Å². The fraction of sp³-hybridized carbons (Fsp3) is 0.412. The molecule has 0 unspecified atom stereocenters. The van der Waals surface area contributed by atoms with E-state index in [9.17, 15) is 14.7 Å². The zero-order valence-electron chi connectivity index (χ0n) is 12.9. The van der Waals surface area contributed by atoms with Crippen LogP contribution in [0.25, 0.3) is 0 Å². The van der Waals surface area contributed by atoms with Crippen LogP contribution in [0.4, 0.5) is 5.69 Å². The number of nitrogens with zero attached hydrogens (tertiary/aromatic N) is 1. The van der Waals surface area contributed by atoms with Crippen LogP contribution < -0.4 is 14.4 Å². The Balaban J connectivity index is 1.59. The maximum atomic E-state index is 13.0. The van der Waals surface area contributed by atoms with Crippen molar-refractivity contribution in [3.63, 3.8) is 0 Å². The van der Waals surface area contributed by atoms with Gasteiger partial charge in [-0.2, -0.15) is 0 Å². The van der Waals surface area contributed by atoms with Crippen molar-refractivity contribution in [2.24, 2.45) is 11.8 Å². The molecular weight excluding hydrogens is 314 g/mol. The first-order valence-corrected chi connectivity index (χ1v) is 7.78. The average Bonchev–Trinajstić information content (AvgIpc) is 3.27. The Morgan fingerprint density at radius 1 is 1.17 bits per heavy atom. The maximum absolute atomic E-state index is 13.0. The fourth-order valence-electron chi connectivity index (χ4n) is 4.32. The molecule has 1 aromatic carbocycles. The number of benzene rings is 1. The molecule has 4 heterocycles. The van der Waals surface area contributed by atoms with Gasteiger partial charge in [-0.25, -0.2) is 4.90 Å². The number of anilines is 1. The standard InChI is InChI=1S/C17H15NO6/c1-16-4-5-17(7-19,24-16)13-12(16)14(20)18(15(13)21)9-2-3-10-11(6-9)23-8-22-10/h2-6,12-13,19H,7-8H2,1H3/t12-,13-,16+,17+/m1/s1. The molecule has 4 aliphatic heterocycles. The van der Waals surface area contributed by atoms with Gasteiger partial charge in [-0.15, -0.1) is 0 Å². The zero-order chi connectivity index (χ0) is 16.7. The summed E-state index contributed by atoms with van der Waals surface area (Å²) in [6.45, 7) is 1.56. The number of ether oxygens (including phenoxy) is 3. The number of rotatable bonds is 2. The minimum atomic E-state index is -1.11. The van der Waals surface area contributed by atoms with Gasteiger partial charge in [0, 0.05) is 6.07 Å². The second-order valence-corrected chi connectivity index (χ2v) is 6.74. The predicted molar refractivity (Wildman–Crippen MR) is 80.5 cm³/mol. The van der Waals surface area contributed by atoms with Crippen LogP contribution in [0.5, 0.6) is 11.5 Å². The van der Waals surface area contributed by atoms with Crippen molar-refractivity contribution < 1.29 is 28.9 Å². The molecule has 7 nitrogen and oxygen atoms in total. The van der Waals surface area contributed by atoms with Crippen molar-refractivity contribution >= 4 is 17.5 Å². The maximum Gasteiger partial charge on any atom is 0.241 e. The highest BCUT2D eigenvalue weighted by molar-refractivity contribution is 6.23. The highest BCUT2D eigenvalue weighted by Gasteiger charge is 2.72. The number of amides is 2. The van der Waals surface area contributed by atoms with E-state index < -0.39 is 23.0 Å². The van der Waals surface area contributed by atoms with Gasteiger partial charge in [0.15, 0.2) is 11.5 Å². The first kappa shape index (κ1) is 14.0. The van der Waals surface area contributed by atoms with Gasteiger partial charge in [-0.3, -0.25) is 9.59 Å². The topological polar surface area (TPSA) is 85.3 Å². The lowest BCUT2D eigenvalue weighted by Gasteiger charge is -2.27. The molecule has 2 bridgehead atoms. The number of fused-ring (bicyclic) bond motifs is 6. The first-order chi connectivity index (χ1) is 11.5. The third kappa shape index (κ3) is 1.44. The van der Waals surface area contributed by atoms with Crippen LogP contribution in [-0.4, -0.2) is 41.5 Å². The van der Waals surface area contributed by atoms with Crippen molar-refractivity contribution in [3.05, 3.63) is 30.4 Å². The monoisotopic (exact) mass is 329 g/mol.